The molecule has 0 aromatic carbocycles. The van der Waals surface area contributed by atoms with Crippen LogP contribution in [0.5, 0.6) is 0 Å². The largest absolute Gasteiger partial charge is 0.469 e. The second-order valence-corrected chi connectivity index (χ2v) is 6.16. The molecule has 6 nitrogen and oxygen atoms in total. The van der Waals surface area contributed by atoms with Gasteiger partial charge in [-0.3, -0.25) is 9.59 Å². The predicted octanol–water partition coefficient (Wildman–Crippen LogP) is 2.26. The SMILES string of the molecule is Cc1nc(NC(=O)C(Cc2ccco2)NC(=O)CCl)sc1C. The number of nitrogens with one attached hydrogen (secondary N) is 2. The van der Waals surface area contributed by atoms with Crippen molar-refractivity contribution >= 4 is 39.9 Å². The maximum Gasteiger partial charge on any atom is 0.249 e. The summed E-state index contributed by atoms with van der Waals surface area (Å²) < 4.78 is 5.23. The average Bonchev–Trinajstić information content (AvgIpc) is 3.08. The molecule has 8 heteroatoms. The number of halogens is 1. The summed E-state index contributed by atoms with van der Waals surface area (Å²) in [6, 6.07) is 2.69. The van der Waals surface area contributed by atoms with E-state index >= 15 is 0 Å². The lowest BCUT2D eigenvalue weighted by Crippen LogP contribution is -2.45. The van der Waals surface area contributed by atoms with Gasteiger partial charge in [0.1, 0.15) is 17.7 Å². The third-order valence-corrected chi connectivity index (χ3v) is 4.25. The maximum atomic E-state index is 12.4. The normalized spacial score (nSPS) is 12.0. The highest BCUT2D eigenvalue weighted by molar-refractivity contribution is 7.15. The van der Waals surface area contributed by atoms with Gasteiger partial charge in [0.2, 0.25) is 11.8 Å². The molecule has 0 aliphatic heterocycles. The van der Waals surface area contributed by atoms with Crippen LogP contribution in [0, 0.1) is 13.8 Å². The Labute approximate surface area is 136 Å². The standard InChI is InChI=1S/C14H16ClN3O3S/c1-8-9(2)22-14(16-8)18-13(20)11(17-12(19)7-15)6-10-4-3-5-21-10/h3-5,11H,6-7H2,1-2H3,(H,17,19)(H,16,18,20). The van der Waals surface area contributed by atoms with E-state index in [1.807, 2.05) is 13.8 Å². The highest BCUT2D eigenvalue weighted by Crippen LogP contribution is 2.21. The number of carbonyl (C=O) groups is 2. The number of furan rings is 1. The number of aryl methyl sites for hydroxylation is 2. The first kappa shape index (κ1) is 16.5. The van der Waals surface area contributed by atoms with Crippen molar-refractivity contribution in [3.05, 3.63) is 34.7 Å². The molecule has 0 radical (unpaired) electrons. The Kier molecular flexibility index (Phi) is 5.57. The molecule has 2 aromatic rings. The first-order chi connectivity index (χ1) is 10.5. The van der Waals surface area contributed by atoms with E-state index in [-0.39, 0.29) is 18.2 Å². The van der Waals surface area contributed by atoms with E-state index < -0.39 is 11.9 Å². The van der Waals surface area contributed by atoms with E-state index in [1.54, 1.807) is 12.1 Å². The van der Waals surface area contributed by atoms with Gasteiger partial charge >= 0.3 is 0 Å². The highest BCUT2D eigenvalue weighted by atomic mass is 35.5. The predicted molar refractivity (Wildman–Crippen MR) is 85.3 cm³/mol. The van der Waals surface area contributed by atoms with Crippen LogP contribution in [0.4, 0.5) is 5.13 Å². The van der Waals surface area contributed by atoms with Gasteiger partial charge in [-0.2, -0.15) is 0 Å². The summed E-state index contributed by atoms with van der Waals surface area (Å²) >= 11 is 6.88. The van der Waals surface area contributed by atoms with E-state index in [9.17, 15) is 9.59 Å². The van der Waals surface area contributed by atoms with Crippen molar-refractivity contribution in [2.24, 2.45) is 0 Å². The first-order valence-corrected chi connectivity index (χ1v) is 7.97. The number of aromatic nitrogens is 1. The molecule has 1 atom stereocenters. The van der Waals surface area contributed by atoms with Crippen molar-refractivity contribution in [2.45, 2.75) is 26.3 Å². The molecule has 0 fully saturated rings. The van der Waals surface area contributed by atoms with Crippen molar-refractivity contribution in [3.8, 4) is 0 Å². The quantitative estimate of drug-likeness (QED) is 0.789. The Morgan fingerprint density at radius 1 is 1.45 bits per heavy atom. The Bertz CT molecular complexity index is 635. The van der Waals surface area contributed by atoms with E-state index in [2.05, 4.69) is 15.6 Å². The molecular weight excluding hydrogens is 326 g/mol. The average molecular weight is 342 g/mol. The lowest BCUT2D eigenvalue weighted by atomic mass is 10.1. The minimum Gasteiger partial charge on any atom is -0.469 e. The molecule has 0 spiro atoms. The van der Waals surface area contributed by atoms with Crippen LogP contribution in [0.2, 0.25) is 0 Å². The van der Waals surface area contributed by atoms with E-state index in [0.717, 1.165) is 10.6 Å². The number of nitrogens with zero attached hydrogens (tertiary/aromatic N) is 1. The van der Waals surface area contributed by atoms with E-state index in [0.29, 0.717) is 10.9 Å². The van der Waals surface area contributed by atoms with Crippen molar-refractivity contribution in [1.82, 2.24) is 10.3 Å². The zero-order valence-corrected chi connectivity index (χ0v) is 13.8. The molecule has 2 aromatic heterocycles. The lowest BCUT2D eigenvalue weighted by Gasteiger charge is -2.16. The Hall–Kier alpha value is -1.86. The van der Waals surface area contributed by atoms with Crippen LogP contribution in [0.15, 0.2) is 22.8 Å². The second kappa shape index (κ2) is 7.42. The number of amides is 2. The van der Waals surface area contributed by atoms with Gasteiger partial charge in [0.25, 0.3) is 0 Å². The topological polar surface area (TPSA) is 84.2 Å². The molecule has 1 unspecified atom stereocenters. The third kappa shape index (κ3) is 4.32. The van der Waals surface area contributed by atoms with Crippen LogP contribution in [0.3, 0.4) is 0 Å². The van der Waals surface area contributed by atoms with Gasteiger partial charge in [0, 0.05) is 11.3 Å². The van der Waals surface area contributed by atoms with Crippen LogP contribution in [0.25, 0.3) is 0 Å². The molecule has 2 amide bonds. The van der Waals surface area contributed by atoms with Crippen molar-refractivity contribution in [1.29, 1.82) is 0 Å². The minimum absolute atomic E-state index is 0.211. The van der Waals surface area contributed by atoms with Crippen LogP contribution in [0.1, 0.15) is 16.3 Å². The monoisotopic (exact) mass is 341 g/mol. The molecule has 2 N–H and O–H groups in total. The lowest BCUT2D eigenvalue weighted by molar-refractivity contribution is -0.125. The van der Waals surface area contributed by atoms with Crippen molar-refractivity contribution < 1.29 is 14.0 Å². The fourth-order valence-electron chi connectivity index (χ4n) is 1.79. The van der Waals surface area contributed by atoms with Gasteiger partial charge < -0.3 is 15.1 Å². The molecule has 22 heavy (non-hydrogen) atoms. The summed E-state index contributed by atoms with van der Waals surface area (Å²) in [4.78, 5) is 29.1. The van der Waals surface area contributed by atoms with Crippen LogP contribution < -0.4 is 10.6 Å². The van der Waals surface area contributed by atoms with Crippen LogP contribution >= 0.6 is 22.9 Å². The molecule has 118 valence electrons. The number of anilines is 1. The van der Waals surface area contributed by atoms with Gasteiger partial charge in [0.15, 0.2) is 5.13 Å². The molecule has 0 saturated heterocycles. The number of hydrogen-bond donors (Lipinski definition) is 2. The molecule has 0 bridgehead atoms. The Morgan fingerprint density at radius 2 is 2.23 bits per heavy atom. The summed E-state index contributed by atoms with van der Waals surface area (Å²) in [7, 11) is 0. The summed E-state index contributed by atoms with van der Waals surface area (Å²) in [6.45, 7) is 3.80. The number of hydrogen-bond acceptors (Lipinski definition) is 5. The summed E-state index contributed by atoms with van der Waals surface area (Å²) in [5, 5.41) is 5.80. The second-order valence-electron chi connectivity index (χ2n) is 4.69. The fourth-order valence-corrected chi connectivity index (χ4v) is 2.69. The van der Waals surface area contributed by atoms with E-state index in [4.69, 9.17) is 16.0 Å². The molecular formula is C14H16ClN3O3S. The van der Waals surface area contributed by atoms with Gasteiger partial charge in [-0.15, -0.1) is 22.9 Å². The highest BCUT2D eigenvalue weighted by Gasteiger charge is 2.23. The summed E-state index contributed by atoms with van der Waals surface area (Å²) in [5.41, 5.74) is 0.868. The minimum atomic E-state index is -0.776. The smallest absolute Gasteiger partial charge is 0.249 e. The van der Waals surface area contributed by atoms with Crippen LogP contribution in [-0.4, -0.2) is 28.7 Å². The van der Waals surface area contributed by atoms with Crippen molar-refractivity contribution in [2.75, 3.05) is 11.2 Å². The summed E-state index contributed by atoms with van der Waals surface area (Å²) in [6.07, 6.45) is 1.76. The molecule has 0 aliphatic carbocycles. The van der Waals surface area contributed by atoms with E-state index in [1.165, 1.54) is 17.6 Å². The zero-order chi connectivity index (χ0) is 16.1. The van der Waals surface area contributed by atoms with Gasteiger partial charge in [-0.25, -0.2) is 4.98 Å². The Balaban J connectivity index is 2.08. The number of alkyl halides is 1. The van der Waals surface area contributed by atoms with Gasteiger partial charge in [0.05, 0.1) is 12.0 Å². The zero-order valence-electron chi connectivity index (χ0n) is 12.2. The van der Waals surface area contributed by atoms with Gasteiger partial charge in [-0.05, 0) is 26.0 Å². The number of carbonyl (C=O) groups excluding carboxylic acids is 2. The number of thiazole rings is 1. The maximum absolute atomic E-state index is 12.4. The van der Waals surface area contributed by atoms with Crippen LogP contribution in [-0.2, 0) is 16.0 Å². The van der Waals surface area contributed by atoms with Gasteiger partial charge in [-0.1, -0.05) is 0 Å². The fraction of sp³-hybridized carbons (Fsp3) is 0.357. The molecule has 2 rings (SSSR count). The first-order valence-electron chi connectivity index (χ1n) is 6.62. The third-order valence-electron chi connectivity index (χ3n) is 3.02. The molecule has 0 saturated carbocycles. The molecule has 2 heterocycles. The van der Waals surface area contributed by atoms with Crippen molar-refractivity contribution in [3.63, 3.8) is 0 Å². The Morgan fingerprint density at radius 3 is 2.77 bits per heavy atom. The number of rotatable bonds is 6. The summed E-state index contributed by atoms with van der Waals surface area (Å²) in [5.74, 6) is -0.387. The molecule has 0 aliphatic rings.